The first-order valence-electron chi connectivity index (χ1n) is 13.9. The van der Waals surface area contributed by atoms with Crippen molar-refractivity contribution in [1.29, 1.82) is 0 Å². The van der Waals surface area contributed by atoms with Gasteiger partial charge in [0.2, 0.25) is 0 Å². The van der Waals surface area contributed by atoms with Crippen molar-refractivity contribution in [3.63, 3.8) is 0 Å². The van der Waals surface area contributed by atoms with Gasteiger partial charge in [-0.15, -0.1) is 0 Å². The fourth-order valence-corrected chi connectivity index (χ4v) is 5.48. The maximum atomic E-state index is 13.6. The van der Waals surface area contributed by atoms with E-state index in [-0.39, 0.29) is 17.9 Å². The quantitative estimate of drug-likeness (QED) is 0.432. The number of benzene rings is 3. The molecule has 6 heteroatoms. The van der Waals surface area contributed by atoms with E-state index in [1.165, 1.54) is 12.0 Å². The molecule has 1 aliphatic carbocycles. The van der Waals surface area contributed by atoms with Gasteiger partial charge in [0.25, 0.3) is 11.8 Å². The summed E-state index contributed by atoms with van der Waals surface area (Å²) in [5.41, 5.74) is 5.23. The summed E-state index contributed by atoms with van der Waals surface area (Å²) in [5.74, 6) is -0.226. The molecule has 0 spiro atoms. The Morgan fingerprint density at radius 1 is 0.816 bits per heavy atom. The molecule has 2 amide bonds. The number of nitrogens with zero attached hydrogens (tertiary/aromatic N) is 2. The Labute approximate surface area is 226 Å². The molecule has 1 aliphatic heterocycles. The van der Waals surface area contributed by atoms with Gasteiger partial charge in [-0.05, 0) is 55.7 Å². The zero-order valence-corrected chi connectivity index (χ0v) is 22.3. The van der Waals surface area contributed by atoms with Crippen LogP contribution in [-0.2, 0) is 6.54 Å². The van der Waals surface area contributed by atoms with Gasteiger partial charge in [-0.1, -0.05) is 67.3 Å². The van der Waals surface area contributed by atoms with E-state index in [9.17, 15) is 9.59 Å². The first-order valence-corrected chi connectivity index (χ1v) is 13.9. The number of amides is 2. The van der Waals surface area contributed by atoms with Crippen molar-refractivity contribution in [2.24, 2.45) is 0 Å². The highest BCUT2D eigenvalue weighted by Crippen LogP contribution is 2.27. The molecule has 1 heterocycles. The Bertz CT molecular complexity index is 1230. The number of piperazine rings is 1. The van der Waals surface area contributed by atoms with E-state index < -0.39 is 0 Å². The van der Waals surface area contributed by atoms with Crippen molar-refractivity contribution in [1.82, 2.24) is 10.2 Å². The molecule has 2 N–H and O–H groups in total. The molecule has 1 saturated heterocycles. The monoisotopic (exact) mass is 510 g/mol. The van der Waals surface area contributed by atoms with Gasteiger partial charge in [0, 0.05) is 55.7 Å². The van der Waals surface area contributed by atoms with E-state index >= 15 is 0 Å². The minimum atomic E-state index is -0.175. The van der Waals surface area contributed by atoms with Crippen LogP contribution in [0.4, 0.5) is 11.4 Å². The normalized spacial score (nSPS) is 16.7. The summed E-state index contributed by atoms with van der Waals surface area (Å²) in [6, 6.07) is 24.0. The fraction of sp³-hybridized carbons (Fsp3) is 0.375. The van der Waals surface area contributed by atoms with Gasteiger partial charge in [0.1, 0.15) is 0 Å². The molecule has 38 heavy (non-hydrogen) atoms. The largest absolute Gasteiger partial charge is 0.368 e. The van der Waals surface area contributed by atoms with Gasteiger partial charge in [-0.3, -0.25) is 14.5 Å². The zero-order chi connectivity index (χ0) is 26.3. The summed E-state index contributed by atoms with van der Waals surface area (Å²) in [7, 11) is 0. The van der Waals surface area contributed by atoms with Gasteiger partial charge in [0.15, 0.2) is 0 Å². The molecule has 3 aromatic carbocycles. The van der Waals surface area contributed by atoms with Crippen LogP contribution in [0.1, 0.15) is 63.9 Å². The third-order valence-electron chi connectivity index (χ3n) is 7.72. The standard InChI is InChI=1S/C32H38N4O2/c1-24-12-14-26(15-13-24)31(37)34-28-16-17-30(29(22-28)32(38)33-27-10-6-3-7-11-27)36-20-18-35(19-21-36)23-25-8-4-2-5-9-25/h2,4-5,8-9,12-17,22,27H,3,6-7,10-11,18-21,23H2,1H3,(H,33,38)(H,34,37). The Balaban J connectivity index is 1.32. The van der Waals surface area contributed by atoms with Crippen LogP contribution >= 0.6 is 0 Å². The predicted octanol–water partition coefficient (Wildman–Crippen LogP) is 5.63. The Hall–Kier alpha value is -3.64. The van der Waals surface area contributed by atoms with E-state index in [4.69, 9.17) is 0 Å². The number of carbonyl (C=O) groups is 2. The summed E-state index contributed by atoms with van der Waals surface area (Å²) in [6.07, 6.45) is 5.62. The molecule has 3 aromatic rings. The molecular weight excluding hydrogens is 472 g/mol. The molecule has 198 valence electrons. The molecule has 0 unspecified atom stereocenters. The Morgan fingerprint density at radius 2 is 1.53 bits per heavy atom. The van der Waals surface area contributed by atoms with Crippen LogP contribution in [0.15, 0.2) is 72.8 Å². The highest BCUT2D eigenvalue weighted by atomic mass is 16.2. The first-order chi connectivity index (χ1) is 18.5. The molecule has 2 aliphatic rings. The smallest absolute Gasteiger partial charge is 0.255 e. The number of anilines is 2. The third-order valence-corrected chi connectivity index (χ3v) is 7.72. The van der Waals surface area contributed by atoms with Crippen molar-refractivity contribution in [3.05, 3.63) is 95.1 Å². The van der Waals surface area contributed by atoms with Crippen LogP contribution in [0, 0.1) is 6.92 Å². The van der Waals surface area contributed by atoms with E-state index in [1.807, 2.05) is 55.5 Å². The second kappa shape index (κ2) is 12.3. The van der Waals surface area contributed by atoms with Crippen molar-refractivity contribution in [2.45, 2.75) is 51.6 Å². The van der Waals surface area contributed by atoms with Crippen molar-refractivity contribution >= 4 is 23.2 Å². The lowest BCUT2D eigenvalue weighted by Gasteiger charge is -2.37. The number of aryl methyl sites for hydroxylation is 1. The Morgan fingerprint density at radius 3 is 2.24 bits per heavy atom. The van der Waals surface area contributed by atoms with Crippen LogP contribution in [0.3, 0.4) is 0 Å². The van der Waals surface area contributed by atoms with Gasteiger partial charge in [-0.2, -0.15) is 0 Å². The van der Waals surface area contributed by atoms with Gasteiger partial charge in [0.05, 0.1) is 5.56 Å². The molecule has 0 radical (unpaired) electrons. The average Bonchev–Trinajstić information content (AvgIpc) is 2.95. The van der Waals surface area contributed by atoms with Gasteiger partial charge >= 0.3 is 0 Å². The van der Waals surface area contributed by atoms with Crippen molar-refractivity contribution in [3.8, 4) is 0 Å². The first kappa shape index (κ1) is 26.0. The predicted molar refractivity (Wildman–Crippen MR) is 154 cm³/mol. The maximum Gasteiger partial charge on any atom is 0.255 e. The summed E-state index contributed by atoms with van der Waals surface area (Å²) in [4.78, 5) is 31.2. The SMILES string of the molecule is Cc1ccc(C(=O)Nc2ccc(N3CCN(Cc4ccccc4)CC3)c(C(=O)NC3CCCCC3)c2)cc1. The molecule has 1 saturated carbocycles. The maximum absolute atomic E-state index is 13.6. The van der Waals surface area contributed by atoms with E-state index in [1.54, 1.807) is 0 Å². The van der Waals surface area contributed by atoms with E-state index in [0.29, 0.717) is 16.8 Å². The van der Waals surface area contributed by atoms with Crippen LogP contribution in [0.25, 0.3) is 0 Å². The summed E-state index contributed by atoms with van der Waals surface area (Å²) in [6.45, 7) is 6.51. The van der Waals surface area contributed by atoms with Crippen LogP contribution < -0.4 is 15.5 Å². The van der Waals surface area contributed by atoms with Crippen molar-refractivity contribution in [2.75, 3.05) is 36.4 Å². The number of carbonyl (C=O) groups excluding carboxylic acids is 2. The number of hydrogen-bond donors (Lipinski definition) is 2. The highest BCUT2D eigenvalue weighted by Gasteiger charge is 2.24. The van der Waals surface area contributed by atoms with E-state index in [0.717, 1.165) is 69.7 Å². The molecule has 0 atom stereocenters. The van der Waals surface area contributed by atoms with Crippen LogP contribution in [0.2, 0.25) is 0 Å². The zero-order valence-electron chi connectivity index (χ0n) is 22.3. The molecule has 0 aromatic heterocycles. The molecule has 2 fully saturated rings. The van der Waals surface area contributed by atoms with Crippen molar-refractivity contribution < 1.29 is 9.59 Å². The molecule has 5 rings (SSSR count). The number of nitrogens with one attached hydrogen (secondary N) is 2. The van der Waals surface area contributed by atoms with E-state index in [2.05, 4.69) is 44.7 Å². The summed E-state index contributed by atoms with van der Waals surface area (Å²) >= 11 is 0. The minimum Gasteiger partial charge on any atom is -0.368 e. The van der Waals surface area contributed by atoms with Crippen LogP contribution in [-0.4, -0.2) is 48.9 Å². The second-order valence-electron chi connectivity index (χ2n) is 10.6. The lowest BCUT2D eigenvalue weighted by Crippen LogP contribution is -2.46. The number of rotatable bonds is 7. The fourth-order valence-electron chi connectivity index (χ4n) is 5.48. The average molecular weight is 511 g/mol. The lowest BCUT2D eigenvalue weighted by molar-refractivity contribution is 0.0927. The molecule has 0 bridgehead atoms. The van der Waals surface area contributed by atoms with Crippen LogP contribution in [0.5, 0.6) is 0 Å². The Kier molecular flexibility index (Phi) is 8.39. The minimum absolute atomic E-state index is 0.0509. The van der Waals surface area contributed by atoms with Gasteiger partial charge < -0.3 is 15.5 Å². The number of hydrogen-bond acceptors (Lipinski definition) is 4. The molecular formula is C32H38N4O2. The van der Waals surface area contributed by atoms with Gasteiger partial charge in [-0.25, -0.2) is 0 Å². The lowest BCUT2D eigenvalue weighted by atomic mass is 9.95. The second-order valence-corrected chi connectivity index (χ2v) is 10.6. The highest BCUT2D eigenvalue weighted by molar-refractivity contribution is 6.06. The topological polar surface area (TPSA) is 64.7 Å². The summed E-state index contributed by atoms with van der Waals surface area (Å²) < 4.78 is 0. The summed E-state index contributed by atoms with van der Waals surface area (Å²) in [5, 5.41) is 6.28. The third kappa shape index (κ3) is 6.62. The molecule has 6 nitrogen and oxygen atoms in total.